The largest absolute Gasteiger partial charge is 0.444 e. The molecule has 28 heavy (non-hydrogen) atoms. The first-order chi connectivity index (χ1) is 13.7. The van der Waals surface area contributed by atoms with E-state index in [2.05, 4.69) is 31.4 Å². The zero-order chi connectivity index (χ0) is 19.3. The van der Waals surface area contributed by atoms with Crippen LogP contribution in [0.1, 0.15) is 16.4 Å². The minimum atomic E-state index is -0.301. The molecule has 0 aliphatic rings. The summed E-state index contributed by atoms with van der Waals surface area (Å²) in [6.07, 6.45) is 0. The lowest BCUT2D eigenvalue weighted by atomic mass is 10.2. The SMILES string of the molecule is O=C(Nc1ccc(SCc2nnc(-c3ccccc3)o2)cc1)c1ccc(Br)o1. The Labute approximate surface area is 173 Å². The van der Waals surface area contributed by atoms with Gasteiger partial charge < -0.3 is 14.2 Å². The van der Waals surface area contributed by atoms with Crippen molar-refractivity contribution in [1.29, 1.82) is 0 Å². The topological polar surface area (TPSA) is 81.2 Å². The van der Waals surface area contributed by atoms with Gasteiger partial charge in [0, 0.05) is 16.1 Å². The van der Waals surface area contributed by atoms with Gasteiger partial charge in [0.15, 0.2) is 10.4 Å². The third-order valence-electron chi connectivity index (χ3n) is 3.76. The molecule has 4 aromatic rings. The highest BCUT2D eigenvalue weighted by Crippen LogP contribution is 2.26. The first kappa shape index (κ1) is 18.5. The number of nitrogens with zero attached hydrogens (tertiary/aromatic N) is 2. The Balaban J connectivity index is 1.34. The monoisotopic (exact) mass is 455 g/mol. The summed E-state index contributed by atoms with van der Waals surface area (Å²) in [5.41, 5.74) is 1.58. The zero-order valence-electron chi connectivity index (χ0n) is 14.5. The van der Waals surface area contributed by atoms with E-state index in [1.165, 1.54) is 0 Å². The van der Waals surface area contributed by atoms with Gasteiger partial charge in [0.05, 0.1) is 5.75 Å². The van der Waals surface area contributed by atoms with Gasteiger partial charge in [-0.25, -0.2) is 0 Å². The molecule has 0 saturated heterocycles. The first-order valence-corrected chi connectivity index (χ1v) is 10.1. The van der Waals surface area contributed by atoms with Gasteiger partial charge in [-0.15, -0.1) is 22.0 Å². The minimum absolute atomic E-state index is 0.246. The molecular formula is C20H14BrN3O3S. The average molecular weight is 456 g/mol. The summed E-state index contributed by atoms with van der Waals surface area (Å²) in [4.78, 5) is 13.1. The minimum Gasteiger partial charge on any atom is -0.444 e. The van der Waals surface area contributed by atoms with Crippen molar-refractivity contribution in [3.05, 3.63) is 83.1 Å². The molecule has 4 rings (SSSR count). The van der Waals surface area contributed by atoms with Gasteiger partial charge in [0.1, 0.15) is 0 Å². The molecule has 0 saturated carbocycles. The van der Waals surface area contributed by atoms with Crippen LogP contribution in [0.4, 0.5) is 5.69 Å². The van der Waals surface area contributed by atoms with Crippen LogP contribution in [0.3, 0.4) is 0 Å². The Hall–Kier alpha value is -2.84. The van der Waals surface area contributed by atoms with E-state index in [4.69, 9.17) is 8.83 Å². The van der Waals surface area contributed by atoms with E-state index in [9.17, 15) is 4.79 Å². The van der Waals surface area contributed by atoms with E-state index in [1.54, 1.807) is 23.9 Å². The number of hydrogen-bond acceptors (Lipinski definition) is 6. The summed E-state index contributed by atoms with van der Waals surface area (Å²) < 4.78 is 11.5. The van der Waals surface area contributed by atoms with Crippen LogP contribution in [0.5, 0.6) is 0 Å². The highest BCUT2D eigenvalue weighted by molar-refractivity contribution is 9.10. The molecule has 2 heterocycles. The fraction of sp³-hybridized carbons (Fsp3) is 0.0500. The number of aromatic nitrogens is 2. The Kier molecular flexibility index (Phi) is 5.59. The van der Waals surface area contributed by atoms with Crippen LogP contribution in [-0.2, 0) is 5.75 Å². The lowest BCUT2D eigenvalue weighted by molar-refractivity contribution is 0.0995. The number of halogens is 1. The Bertz CT molecular complexity index is 1080. The average Bonchev–Trinajstić information content (AvgIpc) is 3.37. The van der Waals surface area contributed by atoms with Crippen LogP contribution in [0.15, 0.2) is 85.1 Å². The number of amides is 1. The molecule has 1 N–H and O–H groups in total. The predicted octanol–water partition coefficient (Wildman–Crippen LogP) is 5.64. The van der Waals surface area contributed by atoms with Crippen molar-refractivity contribution < 1.29 is 13.6 Å². The second-order valence-electron chi connectivity index (χ2n) is 5.74. The molecule has 2 aromatic heterocycles. The Morgan fingerprint density at radius 1 is 0.964 bits per heavy atom. The van der Waals surface area contributed by atoms with Crippen LogP contribution in [-0.4, -0.2) is 16.1 Å². The van der Waals surface area contributed by atoms with Crippen molar-refractivity contribution >= 4 is 39.3 Å². The molecule has 0 fully saturated rings. The maximum absolute atomic E-state index is 12.1. The molecular weight excluding hydrogens is 442 g/mol. The molecule has 0 bridgehead atoms. The van der Waals surface area contributed by atoms with Gasteiger partial charge in [0.25, 0.3) is 5.91 Å². The van der Waals surface area contributed by atoms with Gasteiger partial charge in [-0.1, -0.05) is 18.2 Å². The maximum atomic E-state index is 12.1. The van der Waals surface area contributed by atoms with E-state index in [0.717, 1.165) is 10.5 Å². The lowest BCUT2D eigenvalue weighted by Gasteiger charge is -2.04. The second-order valence-corrected chi connectivity index (χ2v) is 7.57. The van der Waals surface area contributed by atoms with Gasteiger partial charge in [-0.05, 0) is 64.5 Å². The summed E-state index contributed by atoms with van der Waals surface area (Å²) in [5.74, 6) is 1.58. The molecule has 8 heteroatoms. The van der Waals surface area contributed by atoms with Crippen LogP contribution in [0, 0.1) is 0 Å². The molecule has 0 aliphatic heterocycles. The van der Waals surface area contributed by atoms with Crippen LogP contribution in [0.25, 0.3) is 11.5 Å². The Morgan fingerprint density at radius 2 is 1.75 bits per heavy atom. The van der Waals surface area contributed by atoms with Crippen molar-refractivity contribution in [3.8, 4) is 11.5 Å². The number of thioether (sulfide) groups is 1. The zero-order valence-corrected chi connectivity index (χ0v) is 16.9. The Morgan fingerprint density at radius 3 is 2.46 bits per heavy atom. The maximum Gasteiger partial charge on any atom is 0.291 e. The molecule has 0 atom stereocenters. The van der Waals surface area contributed by atoms with Crippen LogP contribution < -0.4 is 5.32 Å². The lowest BCUT2D eigenvalue weighted by Crippen LogP contribution is -2.10. The fourth-order valence-electron chi connectivity index (χ4n) is 2.42. The summed E-state index contributed by atoms with van der Waals surface area (Å²) in [6.45, 7) is 0. The van der Waals surface area contributed by atoms with Crippen molar-refractivity contribution in [1.82, 2.24) is 10.2 Å². The van der Waals surface area contributed by atoms with Gasteiger partial charge in [-0.3, -0.25) is 4.79 Å². The molecule has 140 valence electrons. The van der Waals surface area contributed by atoms with Gasteiger partial charge in [-0.2, -0.15) is 0 Å². The summed E-state index contributed by atoms with van der Waals surface area (Å²) in [7, 11) is 0. The second kappa shape index (κ2) is 8.45. The number of rotatable bonds is 6. The van der Waals surface area contributed by atoms with Gasteiger partial charge >= 0.3 is 0 Å². The molecule has 6 nitrogen and oxygen atoms in total. The molecule has 0 aliphatic carbocycles. The molecule has 0 radical (unpaired) electrons. The number of carbonyl (C=O) groups is 1. The molecule has 0 unspecified atom stereocenters. The third-order valence-corrected chi connectivity index (χ3v) is 5.18. The first-order valence-electron chi connectivity index (χ1n) is 8.35. The van der Waals surface area contributed by atoms with Gasteiger partial charge in [0.2, 0.25) is 11.8 Å². The van der Waals surface area contributed by atoms with Crippen molar-refractivity contribution in [2.75, 3.05) is 5.32 Å². The molecule has 1 amide bonds. The van der Waals surface area contributed by atoms with Crippen LogP contribution >= 0.6 is 27.7 Å². The number of carbonyl (C=O) groups excluding carboxylic acids is 1. The van der Waals surface area contributed by atoms with E-state index in [1.807, 2.05) is 54.6 Å². The van der Waals surface area contributed by atoms with Crippen LogP contribution in [0.2, 0.25) is 0 Å². The fourth-order valence-corrected chi connectivity index (χ4v) is 3.46. The number of benzene rings is 2. The predicted molar refractivity (Wildman–Crippen MR) is 110 cm³/mol. The number of anilines is 1. The van der Waals surface area contributed by atoms with E-state index in [0.29, 0.717) is 27.9 Å². The smallest absolute Gasteiger partial charge is 0.291 e. The summed E-state index contributed by atoms with van der Waals surface area (Å²) >= 11 is 4.76. The standard InChI is InChI=1S/C20H14BrN3O3S/c21-17-11-10-16(26-17)19(25)22-14-6-8-15(9-7-14)28-12-18-23-24-20(27-18)13-4-2-1-3-5-13/h1-11H,12H2,(H,22,25). The summed E-state index contributed by atoms with van der Waals surface area (Å²) in [5, 5.41) is 11.0. The highest BCUT2D eigenvalue weighted by Gasteiger charge is 2.11. The quantitative estimate of drug-likeness (QED) is 0.379. The third kappa shape index (κ3) is 4.52. The van der Waals surface area contributed by atoms with Crippen molar-refractivity contribution in [2.45, 2.75) is 10.6 Å². The molecule has 2 aromatic carbocycles. The van der Waals surface area contributed by atoms with Crippen molar-refractivity contribution in [3.63, 3.8) is 0 Å². The summed E-state index contributed by atoms with van der Waals surface area (Å²) in [6, 6.07) is 20.5. The van der Waals surface area contributed by atoms with E-state index < -0.39 is 0 Å². The number of hydrogen-bond donors (Lipinski definition) is 1. The van der Waals surface area contributed by atoms with E-state index >= 15 is 0 Å². The van der Waals surface area contributed by atoms with E-state index in [-0.39, 0.29) is 11.7 Å². The van der Waals surface area contributed by atoms with Crippen molar-refractivity contribution in [2.24, 2.45) is 0 Å². The number of nitrogens with one attached hydrogen (secondary N) is 1. The number of furan rings is 1. The normalized spacial score (nSPS) is 10.8. The highest BCUT2D eigenvalue weighted by atomic mass is 79.9. The molecule has 0 spiro atoms.